The van der Waals surface area contributed by atoms with E-state index in [2.05, 4.69) is 5.32 Å². The molecule has 0 aromatic heterocycles. The fraction of sp³-hybridized carbons (Fsp3) is 0.889. The number of nitrogens with one attached hydrogen (secondary N) is 1. The molecular formula is C9H15NO2. The van der Waals surface area contributed by atoms with Gasteiger partial charge in [-0.3, -0.25) is 0 Å². The van der Waals surface area contributed by atoms with Crippen LogP contribution >= 0.6 is 0 Å². The lowest BCUT2D eigenvalue weighted by atomic mass is 9.97. The van der Waals surface area contributed by atoms with Gasteiger partial charge in [-0.25, -0.2) is 0 Å². The summed E-state index contributed by atoms with van der Waals surface area (Å²) in [7, 11) is 0. The fourth-order valence-electron chi connectivity index (χ4n) is 2.17. The van der Waals surface area contributed by atoms with Crippen LogP contribution in [0.2, 0.25) is 0 Å². The molecule has 0 aromatic carbocycles. The second-order valence-electron chi connectivity index (χ2n) is 3.66. The van der Waals surface area contributed by atoms with Crippen LogP contribution < -0.4 is 5.32 Å². The number of hydrogen-bond donors (Lipinski definition) is 1. The van der Waals surface area contributed by atoms with E-state index in [0.29, 0.717) is 5.92 Å². The Labute approximate surface area is 72.5 Å². The molecule has 68 valence electrons. The number of aldehydes is 1. The van der Waals surface area contributed by atoms with E-state index in [4.69, 9.17) is 4.74 Å². The number of rotatable bonds is 1. The first kappa shape index (κ1) is 8.20. The van der Waals surface area contributed by atoms with Gasteiger partial charge in [0.15, 0.2) is 0 Å². The maximum Gasteiger partial charge on any atom is 0.139 e. The van der Waals surface area contributed by atoms with E-state index in [1.54, 1.807) is 0 Å². The van der Waals surface area contributed by atoms with E-state index in [-0.39, 0.29) is 12.1 Å². The topological polar surface area (TPSA) is 38.3 Å². The van der Waals surface area contributed by atoms with Gasteiger partial charge in [-0.15, -0.1) is 0 Å². The van der Waals surface area contributed by atoms with Crippen LogP contribution in [0.4, 0.5) is 0 Å². The van der Waals surface area contributed by atoms with E-state index in [0.717, 1.165) is 25.9 Å². The van der Waals surface area contributed by atoms with Crippen LogP contribution in [0.15, 0.2) is 0 Å². The predicted molar refractivity (Wildman–Crippen MR) is 44.9 cm³/mol. The third kappa shape index (κ3) is 1.39. The molecule has 0 amide bonds. The van der Waals surface area contributed by atoms with Crippen molar-refractivity contribution >= 4 is 6.29 Å². The number of ether oxygens (including phenoxy) is 1. The summed E-state index contributed by atoms with van der Waals surface area (Å²) in [6.45, 7) is 1.78. The van der Waals surface area contributed by atoms with Gasteiger partial charge in [-0.2, -0.15) is 0 Å². The summed E-state index contributed by atoms with van der Waals surface area (Å²) < 4.78 is 5.64. The molecule has 0 aliphatic carbocycles. The maximum absolute atomic E-state index is 10.6. The Morgan fingerprint density at radius 2 is 2.33 bits per heavy atom. The zero-order chi connectivity index (χ0) is 8.39. The second-order valence-corrected chi connectivity index (χ2v) is 3.66. The van der Waals surface area contributed by atoms with Crippen molar-refractivity contribution in [3.63, 3.8) is 0 Å². The van der Waals surface area contributed by atoms with Gasteiger partial charge in [-0.1, -0.05) is 6.42 Å². The molecule has 1 N–H and O–H groups in total. The van der Waals surface area contributed by atoms with Crippen molar-refractivity contribution in [2.24, 2.45) is 5.92 Å². The first-order valence-corrected chi connectivity index (χ1v) is 4.72. The first-order valence-electron chi connectivity index (χ1n) is 4.72. The van der Waals surface area contributed by atoms with Crippen molar-refractivity contribution in [1.29, 1.82) is 0 Å². The van der Waals surface area contributed by atoms with Crippen LogP contribution in [0.5, 0.6) is 0 Å². The summed E-state index contributed by atoms with van der Waals surface area (Å²) in [6.07, 6.45) is 4.75. The molecule has 2 aliphatic rings. The van der Waals surface area contributed by atoms with Crippen molar-refractivity contribution in [1.82, 2.24) is 5.32 Å². The molecule has 3 heteroatoms. The lowest BCUT2D eigenvalue weighted by Gasteiger charge is -2.17. The highest BCUT2D eigenvalue weighted by Gasteiger charge is 2.36. The third-order valence-electron chi connectivity index (χ3n) is 2.86. The molecule has 0 saturated carbocycles. The molecule has 12 heavy (non-hydrogen) atoms. The standard InChI is InChI=1S/C9H15NO2/c11-6-8-9-7(5-10-8)3-1-2-4-12-9/h6-10H,1-5H2. The predicted octanol–water partition coefficient (Wildman–Crippen LogP) is 0.342. The normalized spacial score (nSPS) is 41.8. The highest BCUT2D eigenvalue weighted by atomic mass is 16.5. The van der Waals surface area contributed by atoms with Gasteiger partial charge in [-0.05, 0) is 18.8 Å². The molecule has 3 unspecified atom stereocenters. The van der Waals surface area contributed by atoms with E-state index in [9.17, 15) is 4.79 Å². The number of fused-ring (bicyclic) bond motifs is 1. The number of carbonyl (C=O) groups excluding carboxylic acids is 1. The van der Waals surface area contributed by atoms with Gasteiger partial charge in [0.1, 0.15) is 6.29 Å². The molecule has 0 spiro atoms. The van der Waals surface area contributed by atoms with Crippen molar-refractivity contribution < 1.29 is 9.53 Å². The highest BCUT2D eigenvalue weighted by molar-refractivity contribution is 5.59. The molecule has 2 aliphatic heterocycles. The van der Waals surface area contributed by atoms with Crippen molar-refractivity contribution in [3.05, 3.63) is 0 Å². The molecule has 0 aromatic rings. The van der Waals surface area contributed by atoms with Crippen LogP contribution in [0.25, 0.3) is 0 Å². The number of carbonyl (C=O) groups is 1. The Bertz CT molecular complexity index is 172. The quantitative estimate of drug-likeness (QED) is 0.575. The minimum atomic E-state index is -0.0481. The second kappa shape index (κ2) is 3.54. The highest BCUT2D eigenvalue weighted by Crippen LogP contribution is 2.26. The Balaban J connectivity index is 2.03. The number of hydrogen-bond acceptors (Lipinski definition) is 3. The Morgan fingerprint density at radius 3 is 3.17 bits per heavy atom. The molecule has 0 bridgehead atoms. The largest absolute Gasteiger partial charge is 0.376 e. The Kier molecular flexibility index (Phi) is 2.42. The summed E-state index contributed by atoms with van der Waals surface area (Å²) in [5.74, 6) is 0.572. The lowest BCUT2D eigenvalue weighted by Crippen LogP contribution is -2.34. The summed E-state index contributed by atoms with van der Waals surface area (Å²) in [5.41, 5.74) is 0. The molecule has 0 radical (unpaired) electrons. The maximum atomic E-state index is 10.6. The van der Waals surface area contributed by atoms with E-state index in [1.807, 2.05) is 0 Å². The van der Waals surface area contributed by atoms with Crippen LogP contribution in [0, 0.1) is 5.92 Å². The van der Waals surface area contributed by atoms with Gasteiger partial charge >= 0.3 is 0 Å². The van der Waals surface area contributed by atoms with Crippen molar-refractivity contribution in [2.75, 3.05) is 13.2 Å². The third-order valence-corrected chi connectivity index (χ3v) is 2.86. The zero-order valence-electron chi connectivity index (χ0n) is 7.16. The molecule has 2 heterocycles. The van der Waals surface area contributed by atoms with Crippen LogP contribution in [-0.4, -0.2) is 31.6 Å². The van der Waals surface area contributed by atoms with E-state index in [1.165, 1.54) is 12.8 Å². The van der Waals surface area contributed by atoms with Gasteiger partial charge in [0.25, 0.3) is 0 Å². The summed E-state index contributed by atoms with van der Waals surface area (Å²) in [5, 5.41) is 3.18. The van der Waals surface area contributed by atoms with Crippen LogP contribution in [0.1, 0.15) is 19.3 Å². The van der Waals surface area contributed by atoms with Gasteiger partial charge in [0.2, 0.25) is 0 Å². The summed E-state index contributed by atoms with van der Waals surface area (Å²) >= 11 is 0. The smallest absolute Gasteiger partial charge is 0.139 e. The average molecular weight is 169 g/mol. The Hall–Kier alpha value is -0.410. The van der Waals surface area contributed by atoms with Gasteiger partial charge < -0.3 is 14.8 Å². The molecule has 2 rings (SSSR count). The van der Waals surface area contributed by atoms with Gasteiger partial charge in [0.05, 0.1) is 12.1 Å². The molecule has 3 atom stereocenters. The molecule has 2 saturated heterocycles. The molecular weight excluding hydrogens is 154 g/mol. The van der Waals surface area contributed by atoms with E-state index >= 15 is 0 Å². The average Bonchev–Trinajstić information content (AvgIpc) is 2.33. The summed E-state index contributed by atoms with van der Waals surface area (Å²) in [6, 6.07) is -0.0481. The minimum absolute atomic E-state index is 0.0481. The molecule has 3 nitrogen and oxygen atoms in total. The van der Waals surface area contributed by atoms with Gasteiger partial charge in [0, 0.05) is 13.2 Å². The van der Waals surface area contributed by atoms with Crippen LogP contribution in [-0.2, 0) is 9.53 Å². The first-order chi connectivity index (χ1) is 5.92. The van der Waals surface area contributed by atoms with E-state index < -0.39 is 0 Å². The minimum Gasteiger partial charge on any atom is -0.376 e. The van der Waals surface area contributed by atoms with Crippen LogP contribution in [0.3, 0.4) is 0 Å². The summed E-state index contributed by atoms with van der Waals surface area (Å²) in [4.78, 5) is 10.6. The van der Waals surface area contributed by atoms with Crippen molar-refractivity contribution in [3.8, 4) is 0 Å². The Morgan fingerprint density at radius 1 is 1.42 bits per heavy atom. The monoisotopic (exact) mass is 169 g/mol. The SMILES string of the molecule is O=CC1NCC2CCCCOC21. The fourth-order valence-corrected chi connectivity index (χ4v) is 2.17. The van der Waals surface area contributed by atoms with Crippen molar-refractivity contribution in [2.45, 2.75) is 31.4 Å². The molecule has 2 fully saturated rings. The lowest BCUT2D eigenvalue weighted by molar-refractivity contribution is -0.112. The zero-order valence-corrected chi connectivity index (χ0v) is 7.16.